The molecule has 0 aliphatic rings. The maximum Gasteiger partial charge on any atom is 0.374 e. The van der Waals surface area contributed by atoms with Gasteiger partial charge in [-0.15, -0.1) is 0 Å². The lowest BCUT2D eigenvalue weighted by Crippen LogP contribution is -2.03. The number of fused-ring (bicyclic) bond motifs is 2. The van der Waals surface area contributed by atoms with Gasteiger partial charge in [0, 0.05) is 12.1 Å². The number of nitrogens with zero attached hydrogens (tertiary/aromatic N) is 2. The van der Waals surface area contributed by atoms with Gasteiger partial charge in [-0.05, 0) is 21.6 Å². The average molecular weight is 505 g/mol. The van der Waals surface area contributed by atoms with E-state index in [9.17, 15) is 9.59 Å². The third-order valence-corrected chi connectivity index (χ3v) is 7.39. The van der Waals surface area contributed by atoms with Crippen LogP contribution in [-0.4, -0.2) is 60.3 Å². The minimum absolute atomic E-state index is 0.0260. The number of ether oxygens (including phenoxy) is 4. The second-order valence-electron chi connectivity index (χ2n) is 6.75. The fraction of sp³-hybridized carbons (Fsp3) is 0.200. The summed E-state index contributed by atoms with van der Waals surface area (Å²) in [6.45, 7) is 0. The van der Waals surface area contributed by atoms with Gasteiger partial charge in [0.25, 0.3) is 0 Å². The Morgan fingerprint density at radius 2 is 1.15 bits per heavy atom. The molecule has 0 unspecified atom stereocenters. The SMILES string of the molecule is COC(=O)c1nc2cc(OC)c(SSc3c(OC)cc4nc(C(=O)OC)[nH]c4c3N)c(N)c2[nH]1. The van der Waals surface area contributed by atoms with Crippen LogP contribution in [0, 0.1) is 0 Å². The Hall–Kier alpha value is -3.78. The van der Waals surface area contributed by atoms with Crippen LogP contribution in [0.5, 0.6) is 11.5 Å². The molecule has 2 heterocycles. The molecule has 4 aromatic rings. The number of H-pyrrole nitrogens is 2. The van der Waals surface area contributed by atoms with E-state index in [0.717, 1.165) is 0 Å². The number of hydrogen-bond donors (Lipinski definition) is 4. The van der Waals surface area contributed by atoms with Crippen LogP contribution >= 0.6 is 21.6 Å². The van der Waals surface area contributed by atoms with E-state index < -0.39 is 11.9 Å². The first-order valence-electron chi connectivity index (χ1n) is 9.56. The van der Waals surface area contributed by atoms with Crippen molar-refractivity contribution in [3.63, 3.8) is 0 Å². The molecule has 0 atom stereocenters. The number of carbonyl (C=O) groups excluding carboxylic acids is 2. The zero-order valence-electron chi connectivity index (χ0n) is 18.5. The molecular formula is C20H20N6O6S2. The van der Waals surface area contributed by atoms with Crippen LogP contribution in [-0.2, 0) is 9.47 Å². The molecule has 0 aliphatic carbocycles. The molecule has 178 valence electrons. The predicted molar refractivity (Wildman–Crippen MR) is 129 cm³/mol. The fourth-order valence-corrected chi connectivity index (χ4v) is 5.74. The van der Waals surface area contributed by atoms with Crippen molar-refractivity contribution in [3.05, 3.63) is 23.8 Å². The highest BCUT2D eigenvalue weighted by Crippen LogP contribution is 2.51. The van der Waals surface area contributed by atoms with Crippen LogP contribution in [0.3, 0.4) is 0 Å². The number of benzene rings is 2. The van der Waals surface area contributed by atoms with Crippen molar-refractivity contribution >= 4 is 67.0 Å². The summed E-state index contributed by atoms with van der Waals surface area (Å²) in [5.41, 5.74) is 15.3. The number of methoxy groups -OCH3 is 4. The van der Waals surface area contributed by atoms with Gasteiger partial charge in [0.05, 0.1) is 71.7 Å². The monoisotopic (exact) mass is 504 g/mol. The maximum atomic E-state index is 11.9. The first-order valence-corrected chi connectivity index (χ1v) is 11.7. The molecule has 14 heteroatoms. The molecule has 0 fully saturated rings. The number of aromatic nitrogens is 4. The summed E-state index contributed by atoms with van der Waals surface area (Å²) in [7, 11) is 8.09. The van der Waals surface area contributed by atoms with Crippen molar-refractivity contribution < 1.29 is 28.5 Å². The van der Waals surface area contributed by atoms with E-state index in [0.29, 0.717) is 54.7 Å². The van der Waals surface area contributed by atoms with Crippen molar-refractivity contribution in [2.45, 2.75) is 9.79 Å². The van der Waals surface area contributed by atoms with Crippen LogP contribution in [0.15, 0.2) is 21.9 Å². The van der Waals surface area contributed by atoms with Crippen molar-refractivity contribution in [2.75, 3.05) is 39.9 Å². The number of nitrogens with one attached hydrogen (secondary N) is 2. The lowest BCUT2D eigenvalue weighted by Gasteiger charge is -2.14. The minimum atomic E-state index is -0.616. The van der Waals surface area contributed by atoms with Gasteiger partial charge in [0.15, 0.2) is 0 Å². The van der Waals surface area contributed by atoms with Gasteiger partial charge in [-0.1, -0.05) is 0 Å². The van der Waals surface area contributed by atoms with Gasteiger partial charge in [0.1, 0.15) is 11.5 Å². The fourth-order valence-electron chi connectivity index (χ4n) is 3.21. The Morgan fingerprint density at radius 3 is 1.47 bits per heavy atom. The largest absolute Gasteiger partial charge is 0.495 e. The second-order valence-corrected chi connectivity index (χ2v) is 8.90. The molecule has 0 spiro atoms. The molecule has 6 N–H and O–H groups in total. The highest BCUT2D eigenvalue weighted by molar-refractivity contribution is 8.76. The van der Waals surface area contributed by atoms with Crippen molar-refractivity contribution in [3.8, 4) is 11.5 Å². The Bertz CT molecular complexity index is 1320. The summed E-state index contributed by atoms with van der Waals surface area (Å²) in [5.74, 6) is -0.266. The van der Waals surface area contributed by atoms with E-state index in [-0.39, 0.29) is 11.6 Å². The van der Waals surface area contributed by atoms with Crippen molar-refractivity contribution in [1.29, 1.82) is 0 Å². The first kappa shape index (κ1) is 23.4. The third-order valence-electron chi connectivity index (χ3n) is 4.88. The molecule has 0 aliphatic heterocycles. The third kappa shape index (κ3) is 3.90. The van der Waals surface area contributed by atoms with Gasteiger partial charge < -0.3 is 40.4 Å². The number of nitrogen functional groups attached to an aromatic ring is 2. The lowest BCUT2D eigenvalue weighted by molar-refractivity contribution is 0.0580. The molecule has 0 bridgehead atoms. The van der Waals surface area contributed by atoms with E-state index in [1.165, 1.54) is 50.0 Å². The molecule has 12 nitrogen and oxygen atoms in total. The number of hydrogen-bond acceptors (Lipinski definition) is 12. The Balaban J connectivity index is 1.75. The number of esters is 2. The van der Waals surface area contributed by atoms with E-state index >= 15 is 0 Å². The smallest absolute Gasteiger partial charge is 0.374 e. The van der Waals surface area contributed by atoms with Crippen LogP contribution in [0.1, 0.15) is 21.2 Å². The Morgan fingerprint density at radius 1 is 0.765 bits per heavy atom. The Labute approximate surface area is 200 Å². The molecule has 2 aromatic carbocycles. The zero-order valence-corrected chi connectivity index (χ0v) is 20.1. The van der Waals surface area contributed by atoms with Crippen LogP contribution in [0.2, 0.25) is 0 Å². The quantitative estimate of drug-likeness (QED) is 0.164. The highest BCUT2D eigenvalue weighted by Gasteiger charge is 2.23. The summed E-state index contributed by atoms with van der Waals surface area (Å²) in [6, 6.07) is 3.33. The predicted octanol–water partition coefficient (Wildman–Crippen LogP) is 2.99. The lowest BCUT2D eigenvalue weighted by atomic mass is 10.2. The molecule has 0 radical (unpaired) electrons. The van der Waals surface area contributed by atoms with Gasteiger partial charge in [0.2, 0.25) is 11.6 Å². The van der Waals surface area contributed by atoms with E-state index in [2.05, 4.69) is 19.9 Å². The van der Waals surface area contributed by atoms with E-state index in [1.807, 2.05) is 0 Å². The summed E-state index contributed by atoms with van der Waals surface area (Å²) in [6.07, 6.45) is 0. The molecule has 0 saturated heterocycles. The number of imidazole rings is 2. The van der Waals surface area contributed by atoms with Gasteiger partial charge >= 0.3 is 11.9 Å². The van der Waals surface area contributed by atoms with E-state index in [1.54, 1.807) is 12.1 Å². The Kier molecular flexibility index (Phi) is 6.34. The molecular weight excluding hydrogens is 484 g/mol. The highest BCUT2D eigenvalue weighted by atomic mass is 33.1. The van der Waals surface area contributed by atoms with Crippen molar-refractivity contribution in [2.24, 2.45) is 0 Å². The van der Waals surface area contributed by atoms with E-state index in [4.69, 9.17) is 30.4 Å². The standard InChI is InChI=1S/C20H20N6O6S2/c1-29-9-5-7-13(25-17(23-7)19(27)31-3)11(21)15(9)33-34-16-10(30-2)6-8-14(12(16)22)26-18(24-8)20(28)32-4/h5-6H,21-22H2,1-4H3,(H,23,25)(H,24,26). The number of rotatable bonds is 7. The summed E-state index contributed by atoms with van der Waals surface area (Å²) in [4.78, 5) is 39.1. The number of nitrogens with two attached hydrogens (primary N) is 2. The minimum Gasteiger partial charge on any atom is -0.495 e. The first-order chi connectivity index (χ1) is 16.3. The summed E-state index contributed by atoms with van der Waals surface area (Å²) < 4.78 is 20.4. The van der Waals surface area contributed by atoms with Gasteiger partial charge in [-0.2, -0.15) is 0 Å². The summed E-state index contributed by atoms with van der Waals surface area (Å²) >= 11 is 0. The second kappa shape index (κ2) is 9.23. The number of carbonyl (C=O) groups is 2. The summed E-state index contributed by atoms with van der Waals surface area (Å²) in [5, 5.41) is 0. The molecule has 34 heavy (non-hydrogen) atoms. The number of aromatic amines is 2. The van der Waals surface area contributed by atoms with Crippen LogP contribution in [0.25, 0.3) is 22.1 Å². The molecule has 0 saturated carbocycles. The van der Waals surface area contributed by atoms with Crippen molar-refractivity contribution in [1.82, 2.24) is 19.9 Å². The van der Waals surface area contributed by atoms with Gasteiger partial charge in [-0.3, -0.25) is 0 Å². The molecule has 0 amide bonds. The molecule has 2 aromatic heterocycles. The molecule has 4 rings (SSSR count). The van der Waals surface area contributed by atoms with Gasteiger partial charge in [-0.25, -0.2) is 19.6 Å². The normalized spacial score (nSPS) is 11.1. The topological polar surface area (TPSA) is 180 Å². The van der Waals surface area contributed by atoms with Crippen LogP contribution < -0.4 is 20.9 Å². The average Bonchev–Trinajstić information content (AvgIpc) is 3.48. The van der Waals surface area contributed by atoms with Crippen LogP contribution in [0.4, 0.5) is 11.4 Å². The zero-order chi connectivity index (χ0) is 24.6. The number of anilines is 2. The maximum absolute atomic E-state index is 11.9.